The van der Waals surface area contributed by atoms with Crippen LogP contribution in [0.15, 0.2) is 22.9 Å². The number of hydrogen-bond donors (Lipinski definition) is 1. The van der Waals surface area contributed by atoms with Crippen LogP contribution in [0.5, 0.6) is 0 Å². The SMILES string of the molecule is Cc1cc(C(=O)CSc2n[nH]c(C3CC3)n2)c(C)n1CCC1=CCCCC1. The number of H-pyrrole nitrogens is 1. The van der Waals surface area contributed by atoms with Gasteiger partial charge in [-0.15, -0.1) is 5.10 Å². The zero-order chi connectivity index (χ0) is 18.8. The molecule has 1 saturated carbocycles. The Kier molecular flexibility index (Phi) is 5.53. The van der Waals surface area contributed by atoms with Gasteiger partial charge in [-0.25, -0.2) is 4.98 Å². The van der Waals surface area contributed by atoms with E-state index in [0.29, 0.717) is 16.8 Å². The maximum absolute atomic E-state index is 12.8. The summed E-state index contributed by atoms with van der Waals surface area (Å²) in [6.45, 7) is 5.14. The lowest BCUT2D eigenvalue weighted by Crippen LogP contribution is -2.08. The highest BCUT2D eigenvalue weighted by Gasteiger charge is 2.27. The van der Waals surface area contributed by atoms with Crippen molar-refractivity contribution in [3.05, 3.63) is 40.5 Å². The van der Waals surface area contributed by atoms with Crippen molar-refractivity contribution >= 4 is 17.5 Å². The molecule has 0 unspecified atom stereocenters. The molecule has 0 atom stereocenters. The predicted molar refractivity (Wildman–Crippen MR) is 108 cm³/mol. The van der Waals surface area contributed by atoms with Crippen LogP contribution in [0.2, 0.25) is 0 Å². The fraction of sp³-hybridized carbons (Fsp3) is 0.571. The third-order valence-electron chi connectivity index (χ3n) is 5.69. The van der Waals surface area contributed by atoms with Crippen molar-refractivity contribution in [3.63, 3.8) is 0 Å². The molecule has 0 amide bonds. The highest BCUT2D eigenvalue weighted by molar-refractivity contribution is 7.99. The third-order valence-corrected chi connectivity index (χ3v) is 6.54. The number of nitrogens with one attached hydrogen (secondary N) is 1. The summed E-state index contributed by atoms with van der Waals surface area (Å²) in [4.78, 5) is 17.2. The Balaban J connectivity index is 1.37. The summed E-state index contributed by atoms with van der Waals surface area (Å²) in [6, 6.07) is 2.04. The molecule has 0 spiro atoms. The van der Waals surface area contributed by atoms with E-state index >= 15 is 0 Å². The fourth-order valence-corrected chi connectivity index (χ4v) is 4.57. The van der Waals surface area contributed by atoms with Crippen LogP contribution in [0.25, 0.3) is 0 Å². The molecule has 5 nitrogen and oxygen atoms in total. The minimum absolute atomic E-state index is 0.161. The van der Waals surface area contributed by atoms with Crippen molar-refractivity contribution in [3.8, 4) is 0 Å². The number of Topliss-reactive ketones (excluding diaryl/α,β-unsaturated/α-hetero) is 1. The molecule has 0 bridgehead atoms. The number of aromatic nitrogens is 4. The van der Waals surface area contributed by atoms with Gasteiger partial charge in [0.2, 0.25) is 5.16 Å². The minimum atomic E-state index is 0.161. The van der Waals surface area contributed by atoms with Crippen LogP contribution in [-0.2, 0) is 6.54 Å². The van der Waals surface area contributed by atoms with Gasteiger partial charge in [0, 0.05) is 29.4 Å². The lowest BCUT2D eigenvalue weighted by atomic mass is 9.97. The van der Waals surface area contributed by atoms with Gasteiger partial charge in [-0.2, -0.15) is 0 Å². The smallest absolute Gasteiger partial charge is 0.208 e. The number of rotatable bonds is 8. The van der Waals surface area contributed by atoms with Crippen molar-refractivity contribution in [2.45, 2.75) is 76.4 Å². The van der Waals surface area contributed by atoms with E-state index in [1.165, 1.54) is 56.0 Å². The Morgan fingerprint density at radius 2 is 2.19 bits per heavy atom. The van der Waals surface area contributed by atoms with Gasteiger partial charge in [-0.05, 0) is 64.9 Å². The van der Waals surface area contributed by atoms with E-state index in [0.717, 1.165) is 30.0 Å². The number of allylic oxidation sites excluding steroid dienone is 2. The predicted octanol–water partition coefficient (Wildman–Crippen LogP) is 4.97. The lowest BCUT2D eigenvalue weighted by molar-refractivity contribution is 0.102. The first-order chi connectivity index (χ1) is 13.1. The number of hydrogen-bond acceptors (Lipinski definition) is 4. The van der Waals surface area contributed by atoms with E-state index in [-0.39, 0.29) is 5.78 Å². The van der Waals surface area contributed by atoms with Crippen LogP contribution in [0.4, 0.5) is 0 Å². The van der Waals surface area contributed by atoms with Gasteiger partial charge in [-0.3, -0.25) is 9.89 Å². The average molecular weight is 385 g/mol. The topological polar surface area (TPSA) is 63.6 Å². The van der Waals surface area contributed by atoms with Crippen LogP contribution < -0.4 is 0 Å². The van der Waals surface area contributed by atoms with Crippen LogP contribution in [0.1, 0.15) is 78.4 Å². The van der Waals surface area contributed by atoms with Gasteiger partial charge < -0.3 is 4.57 Å². The molecule has 0 aliphatic heterocycles. The first-order valence-corrected chi connectivity index (χ1v) is 11.0. The number of aromatic amines is 1. The fourth-order valence-electron chi connectivity index (χ4n) is 3.88. The van der Waals surface area contributed by atoms with Gasteiger partial charge in [0.1, 0.15) is 5.82 Å². The lowest BCUT2D eigenvalue weighted by Gasteiger charge is -2.15. The number of nitrogens with zero attached hydrogens (tertiary/aromatic N) is 3. The first-order valence-electron chi connectivity index (χ1n) is 10.0. The van der Waals surface area contributed by atoms with Gasteiger partial charge in [0.05, 0.1) is 5.75 Å². The zero-order valence-corrected chi connectivity index (χ0v) is 17.1. The number of aryl methyl sites for hydroxylation is 1. The molecule has 2 aliphatic rings. The summed E-state index contributed by atoms with van der Waals surface area (Å²) in [5.41, 5.74) is 4.68. The van der Waals surface area contributed by atoms with Crippen molar-refractivity contribution in [1.82, 2.24) is 19.7 Å². The zero-order valence-electron chi connectivity index (χ0n) is 16.3. The molecular weight excluding hydrogens is 356 g/mol. The number of carbonyl (C=O) groups excluding carboxylic acids is 1. The molecule has 0 radical (unpaired) electrons. The summed E-state index contributed by atoms with van der Waals surface area (Å²) in [5, 5.41) is 7.92. The molecule has 2 aromatic rings. The normalized spacial score (nSPS) is 17.2. The Morgan fingerprint density at radius 1 is 1.33 bits per heavy atom. The van der Waals surface area contributed by atoms with Crippen molar-refractivity contribution in [2.24, 2.45) is 0 Å². The summed E-state index contributed by atoms with van der Waals surface area (Å²) in [6.07, 6.45) is 11.0. The highest BCUT2D eigenvalue weighted by Crippen LogP contribution is 2.38. The van der Waals surface area contributed by atoms with Crippen molar-refractivity contribution in [2.75, 3.05) is 5.75 Å². The Hall–Kier alpha value is -1.82. The Morgan fingerprint density at radius 3 is 2.93 bits per heavy atom. The molecule has 2 aliphatic carbocycles. The van der Waals surface area contributed by atoms with Gasteiger partial charge in [0.25, 0.3) is 0 Å². The van der Waals surface area contributed by atoms with Crippen LogP contribution in [0.3, 0.4) is 0 Å². The maximum atomic E-state index is 12.8. The second-order valence-electron chi connectivity index (χ2n) is 7.78. The molecule has 0 aromatic carbocycles. The van der Waals surface area contributed by atoms with E-state index < -0.39 is 0 Å². The molecular formula is C21H28N4OS. The highest BCUT2D eigenvalue weighted by atomic mass is 32.2. The molecule has 2 aromatic heterocycles. The van der Waals surface area contributed by atoms with Crippen LogP contribution >= 0.6 is 11.8 Å². The van der Waals surface area contributed by atoms with Gasteiger partial charge in [0.15, 0.2) is 5.78 Å². The van der Waals surface area contributed by atoms with E-state index in [4.69, 9.17) is 0 Å². The molecule has 1 N–H and O–H groups in total. The number of thioether (sulfide) groups is 1. The van der Waals surface area contributed by atoms with Gasteiger partial charge in [-0.1, -0.05) is 23.4 Å². The van der Waals surface area contributed by atoms with Crippen molar-refractivity contribution < 1.29 is 4.79 Å². The monoisotopic (exact) mass is 384 g/mol. The summed E-state index contributed by atoms with van der Waals surface area (Å²) >= 11 is 1.43. The van der Waals surface area contributed by atoms with E-state index in [2.05, 4.69) is 39.7 Å². The number of ketones is 1. The molecule has 0 saturated heterocycles. The summed E-state index contributed by atoms with van der Waals surface area (Å²) in [7, 11) is 0. The molecule has 27 heavy (non-hydrogen) atoms. The van der Waals surface area contributed by atoms with Crippen LogP contribution in [0, 0.1) is 13.8 Å². The number of carbonyl (C=O) groups is 1. The van der Waals surface area contributed by atoms with E-state index in [1.807, 2.05) is 6.07 Å². The second kappa shape index (κ2) is 8.05. The average Bonchev–Trinajstić information content (AvgIpc) is 3.35. The maximum Gasteiger partial charge on any atom is 0.208 e. The van der Waals surface area contributed by atoms with Crippen LogP contribution in [-0.4, -0.2) is 31.3 Å². The largest absolute Gasteiger partial charge is 0.348 e. The third kappa shape index (κ3) is 4.37. The summed E-state index contributed by atoms with van der Waals surface area (Å²) in [5.74, 6) is 2.08. The molecule has 1 fully saturated rings. The summed E-state index contributed by atoms with van der Waals surface area (Å²) < 4.78 is 2.30. The molecule has 4 rings (SSSR count). The molecule has 2 heterocycles. The van der Waals surface area contributed by atoms with Crippen molar-refractivity contribution in [1.29, 1.82) is 0 Å². The second-order valence-corrected chi connectivity index (χ2v) is 8.73. The molecule has 144 valence electrons. The Labute approximate surface area is 165 Å². The first kappa shape index (κ1) is 18.5. The standard InChI is InChI=1S/C21H28N4OS/c1-14-12-18(15(2)25(14)11-10-16-6-4-3-5-7-16)19(26)13-27-21-22-20(23-24-21)17-8-9-17/h6,12,17H,3-5,7-11,13H2,1-2H3,(H,22,23,24). The van der Waals surface area contributed by atoms with E-state index in [9.17, 15) is 4.79 Å². The Bertz CT molecular complexity index is 860. The quantitative estimate of drug-likeness (QED) is 0.397. The minimum Gasteiger partial charge on any atom is -0.348 e. The molecule has 6 heteroatoms. The van der Waals surface area contributed by atoms with E-state index in [1.54, 1.807) is 5.57 Å². The van der Waals surface area contributed by atoms with Gasteiger partial charge >= 0.3 is 0 Å².